The summed E-state index contributed by atoms with van der Waals surface area (Å²) in [6.07, 6.45) is -3.46. The summed E-state index contributed by atoms with van der Waals surface area (Å²) in [5.41, 5.74) is -2.27. The Morgan fingerprint density at radius 1 is 1.07 bits per heavy atom. The van der Waals surface area contributed by atoms with Crippen LogP contribution in [0.5, 0.6) is 0 Å². The summed E-state index contributed by atoms with van der Waals surface area (Å²) in [4.78, 5) is 0. The average molecular weight is 218 g/mol. The standard InChI is InChI=1S/C7HF7/c8-2-1-3(9)7(13,14)4(2)5(10)6(11)12/h1H. The van der Waals surface area contributed by atoms with Crippen molar-refractivity contribution in [2.75, 3.05) is 0 Å². The molecule has 14 heavy (non-hydrogen) atoms. The van der Waals surface area contributed by atoms with Crippen molar-refractivity contribution in [3.05, 3.63) is 35.2 Å². The Morgan fingerprint density at radius 3 is 1.86 bits per heavy atom. The number of allylic oxidation sites excluding steroid dienone is 5. The SMILES string of the molecule is FC1=CC(F)=C(C(F)=C(F)F)C1(F)F. The molecule has 0 unspecified atom stereocenters. The molecule has 0 aromatic carbocycles. The fraction of sp³-hybridized carbons (Fsp3) is 0.143. The van der Waals surface area contributed by atoms with Crippen LogP contribution in [0.4, 0.5) is 30.7 Å². The summed E-state index contributed by atoms with van der Waals surface area (Å²) in [7, 11) is 0. The molecule has 7 heteroatoms. The van der Waals surface area contributed by atoms with E-state index in [0.29, 0.717) is 0 Å². The molecule has 0 atom stereocenters. The van der Waals surface area contributed by atoms with E-state index in [9.17, 15) is 30.7 Å². The van der Waals surface area contributed by atoms with Gasteiger partial charge in [0.1, 0.15) is 11.4 Å². The van der Waals surface area contributed by atoms with Crippen molar-refractivity contribution in [2.24, 2.45) is 0 Å². The predicted molar refractivity (Wildman–Crippen MR) is 32.6 cm³/mol. The molecule has 1 aliphatic carbocycles. The lowest BCUT2D eigenvalue weighted by Gasteiger charge is -2.11. The van der Waals surface area contributed by atoms with Crippen molar-refractivity contribution in [3.8, 4) is 0 Å². The average Bonchev–Trinajstić information content (AvgIpc) is 2.21. The van der Waals surface area contributed by atoms with Crippen LogP contribution >= 0.6 is 0 Å². The van der Waals surface area contributed by atoms with Crippen LogP contribution in [-0.4, -0.2) is 5.92 Å². The van der Waals surface area contributed by atoms with E-state index in [1.54, 1.807) is 0 Å². The predicted octanol–water partition coefficient (Wildman–Crippen LogP) is 3.79. The van der Waals surface area contributed by atoms with Gasteiger partial charge in [0, 0.05) is 6.08 Å². The molecule has 0 bridgehead atoms. The van der Waals surface area contributed by atoms with Crippen LogP contribution in [0.2, 0.25) is 0 Å². The molecular weight excluding hydrogens is 217 g/mol. The van der Waals surface area contributed by atoms with Gasteiger partial charge in [0.25, 0.3) is 0 Å². The quantitative estimate of drug-likeness (QED) is 0.587. The monoisotopic (exact) mass is 218 g/mol. The van der Waals surface area contributed by atoms with Crippen LogP contribution in [0.25, 0.3) is 0 Å². The molecule has 0 spiro atoms. The zero-order valence-electron chi connectivity index (χ0n) is 6.22. The lowest BCUT2D eigenvalue weighted by molar-refractivity contribution is 0.0590. The van der Waals surface area contributed by atoms with Crippen LogP contribution in [0.3, 0.4) is 0 Å². The minimum absolute atomic E-state index is 0.335. The first-order valence-electron chi connectivity index (χ1n) is 3.15. The molecule has 0 aromatic heterocycles. The van der Waals surface area contributed by atoms with Crippen molar-refractivity contribution >= 4 is 0 Å². The van der Waals surface area contributed by atoms with Gasteiger partial charge in [-0.2, -0.15) is 17.6 Å². The molecule has 0 heterocycles. The van der Waals surface area contributed by atoms with Crippen LogP contribution in [0.15, 0.2) is 35.2 Å². The minimum Gasteiger partial charge on any atom is -0.206 e. The second kappa shape index (κ2) is 3.14. The Kier molecular flexibility index (Phi) is 2.43. The lowest BCUT2D eigenvalue weighted by atomic mass is 10.1. The van der Waals surface area contributed by atoms with E-state index >= 15 is 0 Å². The van der Waals surface area contributed by atoms with Crippen LogP contribution in [0.1, 0.15) is 0 Å². The van der Waals surface area contributed by atoms with Gasteiger partial charge in [-0.3, -0.25) is 0 Å². The summed E-state index contributed by atoms with van der Waals surface area (Å²) in [6.45, 7) is 0. The highest BCUT2D eigenvalue weighted by Gasteiger charge is 2.49. The second-order valence-corrected chi connectivity index (χ2v) is 2.36. The fourth-order valence-corrected chi connectivity index (χ4v) is 0.881. The van der Waals surface area contributed by atoms with Crippen molar-refractivity contribution in [3.63, 3.8) is 0 Å². The molecule has 1 rings (SSSR count). The highest BCUT2D eigenvalue weighted by Crippen LogP contribution is 2.46. The fourth-order valence-electron chi connectivity index (χ4n) is 0.881. The lowest BCUT2D eigenvalue weighted by Crippen LogP contribution is -2.18. The van der Waals surface area contributed by atoms with E-state index in [4.69, 9.17) is 0 Å². The van der Waals surface area contributed by atoms with Crippen molar-refractivity contribution in [2.45, 2.75) is 5.92 Å². The molecular formula is C7HF7. The van der Waals surface area contributed by atoms with Crippen molar-refractivity contribution in [1.29, 1.82) is 0 Å². The highest BCUT2D eigenvalue weighted by molar-refractivity contribution is 5.49. The number of alkyl halides is 2. The third-order valence-electron chi connectivity index (χ3n) is 1.49. The van der Waals surface area contributed by atoms with Gasteiger partial charge >= 0.3 is 12.0 Å². The molecule has 0 aliphatic heterocycles. The van der Waals surface area contributed by atoms with Gasteiger partial charge in [0.15, 0.2) is 5.83 Å². The maximum absolute atomic E-state index is 12.5. The van der Waals surface area contributed by atoms with E-state index in [2.05, 4.69) is 0 Å². The summed E-state index contributed by atoms with van der Waals surface area (Å²) in [6, 6.07) is 0. The largest absolute Gasteiger partial charge is 0.329 e. The van der Waals surface area contributed by atoms with E-state index in [0.717, 1.165) is 0 Å². The van der Waals surface area contributed by atoms with Gasteiger partial charge in [0.05, 0.1) is 0 Å². The Bertz CT molecular complexity index is 356. The zero-order valence-corrected chi connectivity index (χ0v) is 6.22. The first-order valence-corrected chi connectivity index (χ1v) is 3.15. The van der Waals surface area contributed by atoms with E-state index in [1.807, 2.05) is 0 Å². The molecule has 0 radical (unpaired) electrons. The molecule has 0 fully saturated rings. The van der Waals surface area contributed by atoms with Gasteiger partial charge < -0.3 is 0 Å². The molecule has 1 aliphatic rings. The summed E-state index contributed by atoms with van der Waals surface area (Å²) < 4.78 is 85.1. The van der Waals surface area contributed by atoms with Crippen molar-refractivity contribution < 1.29 is 30.7 Å². The summed E-state index contributed by atoms with van der Waals surface area (Å²) in [5, 5.41) is 0. The molecule has 0 amide bonds. The number of hydrogen-bond donors (Lipinski definition) is 0. The molecule has 0 nitrogen and oxygen atoms in total. The third-order valence-corrected chi connectivity index (χ3v) is 1.49. The molecule has 78 valence electrons. The summed E-state index contributed by atoms with van der Waals surface area (Å²) in [5.74, 6) is -11.8. The number of rotatable bonds is 1. The Balaban J connectivity index is 3.29. The molecule has 0 aromatic rings. The third kappa shape index (κ3) is 1.42. The second-order valence-electron chi connectivity index (χ2n) is 2.36. The zero-order chi connectivity index (χ0) is 11.1. The van der Waals surface area contributed by atoms with Gasteiger partial charge in [-0.05, 0) is 0 Å². The molecule has 0 N–H and O–H groups in total. The van der Waals surface area contributed by atoms with E-state index < -0.39 is 35.1 Å². The van der Waals surface area contributed by atoms with Crippen LogP contribution in [-0.2, 0) is 0 Å². The smallest absolute Gasteiger partial charge is 0.206 e. The molecule has 0 saturated carbocycles. The Labute approximate surface area is 73.0 Å². The van der Waals surface area contributed by atoms with Gasteiger partial charge in [-0.25, -0.2) is 13.2 Å². The topological polar surface area (TPSA) is 0 Å². The Hall–Kier alpha value is -1.27. The normalized spacial score (nSPS) is 19.8. The van der Waals surface area contributed by atoms with Gasteiger partial charge in [-0.15, -0.1) is 0 Å². The van der Waals surface area contributed by atoms with E-state index in [-0.39, 0.29) is 6.08 Å². The Morgan fingerprint density at radius 2 is 1.57 bits per heavy atom. The van der Waals surface area contributed by atoms with Gasteiger partial charge in [-0.1, -0.05) is 0 Å². The van der Waals surface area contributed by atoms with Crippen LogP contribution in [0, 0.1) is 0 Å². The maximum atomic E-state index is 12.5. The number of halogens is 7. The van der Waals surface area contributed by atoms with Crippen LogP contribution < -0.4 is 0 Å². The maximum Gasteiger partial charge on any atom is 0.329 e. The van der Waals surface area contributed by atoms with E-state index in [1.165, 1.54) is 0 Å². The summed E-state index contributed by atoms with van der Waals surface area (Å²) >= 11 is 0. The van der Waals surface area contributed by atoms with Crippen molar-refractivity contribution in [1.82, 2.24) is 0 Å². The first kappa shape index (κ1) is 10.8. The first-order chi connectivity index (χ1) is 6.28. The number of hydrogen-bond acceptors (Lipinski definition) is 0. The highest BCUT2D eigenvalue weighted by atomic mass is 19.3. The van der Waals surface area contributed by atoms with Gasteiger partial charge in [0.2, 0.25) is 5.83 Å². The molecule has 0 saturated heterocycles. The minimum atomic E-state index is -4.67.